The molecule has 3 heteroatoms. The van der Waals surface area contributed by atoms with E-state index >= 15 is 0 Å². The summed E-state index contributed by atoms with van der Waals surface area (Å²) in [7, 11) is 0. The zero-order valence-electron chi connectivity index (χ0n) is 13.8. The Morgan fingerprint density at radius 3 is 2.52 bits per heavy atom. The van der Waals surface area contributed by atoms with Crippen molar-refractivity contribution in [2.24, 2.45) is 11.8 Å². The monoisotopic (exact) mass is 291 g/mol. The van der Waals surface area contributed by atoms with Crippen molar-refractivity contribution in [2.45, 2.75) is 46.3 Å². The molecule has 0 aromatic heterocycles. The Kier molecular flexibility index (Phi) is 6.07. The molecule has 1 fully saturated rings. The van der Waals surface area contributed by atoms with E-state index in [4.69, 9.17) is 9.47 Å². The van der Waals surface area contributed by atoms with Gasteiger partial charge in [0, 0.05) is 19.2 Å². The van der Waals surface area contributed by atoms with E-state index in [2.05, 4.69) is 57.3 Å². The molecule has 0 amide bonds. The van der Waals surface area contributed by atoms with E-state index in [-0.39, 0.29) is 0 Å². The van der Waals surface area contributed by atoms with Crippen LogP contribution in [0.1, 0.15) is 45.7 Å². The zero-order valence-corrected chi connectivity index (χ0v) is 13.8. The number of rotatable bonds is 7. The number of nitrogens with one attached hydrogen (secondary N) is 1. The van der Waals surface area contributed by atoms with E-state index in [0.717, 1.165) is 25.5 Å². The molecule has 1 N–H and O–H groups in total. The Bertz CT molecular complexity index is 416. The maximum atomic E-state index is 5.72. The van der Waals surface area contributed by atoms with Crippen molar-refractivity contribution in [1.29, 1.82) is 0 Å². The Balaban J connectivity index is 1.80. The van der Waals surface area contributed by atoms with Crippen LogP contribution in [-0.2, 0) is 4.74 Å². The van der Waals surface area contributed by atoms with Gasteiger partial charge in [0.05, 0.1) is 12.7 Å². The average molecular weight is 291 g/mol. The first-order valence-corrected chi connectivity index (χ1v) is 8.14. The molecular formula is C18H29NO2. The summed E-state index contributed by atoms with van der Waals surface area (Å²) in [5, 5.41) is 3.62. The van der Waals surface area contributed by atoms with Crippen LogP contribution in [0.3, 0.4) is 0 Å². The van der Waals surface area contributed by atoms with Gasteiger partial charge in [0.15, 0.2) is 0 Å². The fourth-order valence-corrected chi connectivity index (χ4v) is 2.61. The van der Waals surface area contributed by atoms with Gasteiger partial charge in [-0.05, 0) is 49.8 Å². The summed E-state index contributed by atoms with van der Waals surface area (Å²) < 4.78 is 11.3. The Labute approximate surface area is 129 Å². The summed E-state index contributed by atoms with van der Waals surface area (Å²) in [5.74, 6) is 2.15. The van der Waals surface area contributed by atoms with Gasteiger partial charge in [-0.15, -0.1) is 0 Å². The largest absolute Gasteiger partial charge is 0.493 e. The zero-order chi connectivity index (χ0) is 15.2. The first-order valence-electron chi connectivity index (χ1n) is 8.14. The summed E-state index contributed by atoms with van der Waals surface area (Å²) in [6, 6.07) is 8.80. The van der Waals surface area contributed by atoms with Crippen molar-refractivity contribution in [2.75, 3.05) is 19.8 Å². The highest BCUT2D eigenvalue weighted by Crippen LogP contribution is 2.22. The Morgan fingerprint density at radius 1 is 1.24 bits per heavy atom. The molecule has 1 aliphatic rings. The third-order valence-corrected chi connectivity index (χ3v) is 4.18. The first-order chi connectivity index (χ1) is 10.1. The van der Waals surface area contributed by atoms with Gasteiger partial charge in [0.2, 0.25) is 0 Å². The van der Waals surface area contributed by atoms with Crippen LogP contribution in [0.4, 0.5) is 0 Å². The predicted molar refractivity (Wildman–Crippen MR) is 86.7 cm³/mol. The summed E-state index contributed by atoms with van der Waals surface area (Å²) in [6.07, 6.45) is 1.56. The Morgan fingerprint density at radius 2 is 1.95 bits per heavy atom. The maximum Gasteiger partial charge on any atom is 0.119 e. The lowest BCUT2D eigenvalue weighted by Gasteiger charge is -2.20. The lowest BCUT2D eigenvalue weighted by molar-refractivity contribution is 0.105. The van der Waals surface area contributed by atoms with Crippen LogP contribution in [-0.4, -0.2) is 25.9 Å². The molecule has 1 heterocycles. The van der Waals surface area contributed by atoms with Crippen LogP contribution in [0.2, 0.25) is 0 Å². The van der Waals surface area contributed by atoms with E-state index < -0.39 is 0 Å². The van der Waals surface area contributed by atoms with Gasteiger partial charge in [-0.25, -0.2) is 0 Å². The van der Waals surface area contributed by atoms with Crippen molar-refractivity contribution in [1.82, 2.24) is 5.32 Å². The van der Waals surface area contributed by atoms with Crippen molar-refractivity contribution < 1.29 is 9.47 Å². The van der Waals surface area contributed by atoms with Gasteiger partial charge in [-0.1, -0.05) is 26.0 Å². The van der Waals surface area contributed by atoms with Gasteiger partial charge in [0.25, 0.3) is 0 Å². The van der Waals surface area contributed by atoms with Crippen molar-refractivity contribution >= 4 is 0 Å². The minimum atomic E-state index is 0.358. The molecule has 118 valence electrons. The van der Waals surface area contributed by atoms with Crippen LogP contribution in [0.25, 0.3) is 0 Å². The highest BCUT2D eigenvalue weighted by molar-refractivity contribution is 5.28. The second-order valence-electron chi connectivity index (χ2n) is 6.53. The normalized spacial score (nSPS) is 23.5. The molecule has 0 bridgehead atoms. The molecular weight excluding hydrogens is 262 g/mol. The number of benzene rings is 1. The molecule has 3 atom stereocenters. The van der Waals surface area contributed by atoms with Gasteiger partial charge >= 0.3 is 0 Å². The molecule has 1 aromatic carbocycles. The van der Waals surface area contributed by atoms with Gasteiger partial charge in [0.1, 0.15) is 5.75 Å². The van der Waals surface area contributed by atoms with Gasteiger partial charge in [-0.3, -0.25) is 0 Å². The molecule has 21 heavy (non-hydrogen) atoms. The molecule has 2 rings (SSSR count). The smallest absolute Gasteiger partial charge is 0.119 e. The second-order valence-corrected chi connectivity index (χ2v) is 6.53. The molecule has 0 saturated carbocycles. The minimum Gasteiger partial charge on any atom is -0.493 e. The van der Waals surface area contributed by atoms with E-state index in [1.165, 1.54) is 12.0 Å². The SMILES string of the molecule is CC(C)COc1ccc(C(C)NCC2CCOC2C)cc1. The first kappa shape index (κ1) is 16.3. The van der Waals surface area contributed by atoms with Crippen LogP contribution >= 0.6 is 0 Å². The van der Waals surface area contributed by atoms with E-state index in [1.54, 1.807) is 0 Å². The topological polar surface area (TPSA) is 30.5 Å². The summed E-state index contributed by atoms with van der Waals surface area (Å²) in [5.41, 5.74) is 1.30. The maximum absolute atomic E-state index is 5.72. The summed E-state index contributed by atoms with van der Waals surface area (Å²) in [6.45, 7) is 11.4. The van der Waals surface area contributed by atoms with Crippen LogP contribution < -0.4 is 10.1 Å². The van der Waals surface area contributed by atoms with Crippen LogP contribution in [0, 0.1) is 11.8 Å². The van der Waals surface area contributed by atoms with Crippen LogP contribution in [0.15, 0.2) is 24.3 Å². The van der Waals surface area contributed by atoms with Gasteiger partial charge < -0.3 is 14.8 Å². The van der Waals surface area contributed by atoms with E-state index in [1.807, 2.05) is 0 Å². The molecule has 3 unspecified atom stereocenters. The van der Waals surface area contributed by atoms with Crippen LogP contribution in [0.5, 0.6) is 5.75 Å². The predicted octanol–water partition coefficient (Wildman–Crippen LogP) is 3.80. The molecule has 0 radical (unpaired) electrons. The van der Waals surface area contributed by atoms with E-state index in [9.17, 15) is 0 Å². The third-order valence-electron chi connectivity index (χ3n) is 4.18. The average Bonchev–Trinajstić information content (AvgIpc) is 2.88. The lowest BCUT2D eigenvalue weighted by Crippen LogP contribution is -2.29. The highest BCUT2D eigenvalue weighted by atomic mass is 16.5. The molecule has 3 nitrogen and oxygen atoms in total. The van der Waals surface area contributed by atoms with Crippen molar-refractivity contribution in [3.05, 3.63) is 29.8 Å². The molecule has 1 saturated heterocycles. The quantitative estimate of drug-likeness (QED) is 0.829. The fourth-order valence-electron chi connectivity index (χ4n) is 2.61. The van der Waals surface area contributed by atoms with Crippen molar-refractivity contribution in [3.63, 3.8) is 0 Å². The highest BCUT2D eigenvalue weighted by Gasteiger charge is 2.24. The van der Waals surface area contributed by atoms with Crippen molar-refractivity contribution in [3.8, 4) is 5.75 Å². The number of hydrogen-bond acceptors (Lipinski definition) is 3. The van der Waals surface area contributed by atoms with Gasteiger partial charge in [-0.2, -0.15) is 0 Å². The lowest BCUT2D eigenvalue weighted by atomic mass is 10.0. The fraction of sp³-hybridized carbons (Fsp3) is 0.667. The second kappa shape index (κ2) is 7.81. The summed E-state index contributed by atoms with van der Waals surface area (Å²) >= 11 is 0. The molecule has 0 spiro atoms. The molecule has 0 aliphatic carbocycles. The molecule has 1 aliphatic heterocycles. The number of ether oxygens (including phenoxy) is 2. The minimum absolute atomic E-state index is 0.358. The number of hydrogen-bond donors (Lipinski definition) is 1. The Hall–Kier alpha value is -1.06. The summed E-state index contributed by atoms with van der Waals surface area (Å²) in [4.78, 5) is 0. The standard InChI is InChI=1S/C18H29NO2/c1-13(2)12-21-18-7-5-16(6-8-18)14(3)19-11-17-9-10-20-15(17)4/h5-8,13-15,17,19H,9-12H2,1-4H3. The third kappa shape index (κ3) is 5.01. The van der Waals surface area contributed by atoms with E-state index in [0.29, 0.717) is 24.0 Å². The molecule has 1 aromatic rings.